The minimum absolute atomic E-state index is 0.406. The molecule has 1 aromatic carbocycles. The molecule has 0 fully saturated rings. The highest BCUT2D eigenvalue weighted by Crippen LogP contribution is 2.52. The van der Waals surface area contributed by atoms with Crippen molar-refractivity contribution >= 4 is 53.5 Å². The molecule has 0 aliphatic heterocycles. The van der Waals surface area contributed by atoms with Crippen LogP contribution in [0.15, 0.2) is 17.0 Å². The Labute approximate surface area is 133 Å². The van der Waals surface area contributed by atoms with Gasteiger partial charge in [0.05, 0.1) is 28.2 Å². The number of hydrogen-bond donors (Lipinski definition) is 0. The summed E-state index contributed by atoms with van der Waals surface area (Å²) < 4.78 is 16.6. The Balaban J connectivity index is 3.08. The Morgan fingerprint density at radius 3 is 2.16 bits per heavy atom. The standard InChI is InChI=1S/C11H15Cl2O3PS2/c1-4-14-17(18,15-5-2)16-10-6-8(12)9(13)7-11(10)19-3/h6-7H,4-5H2,1-3H3. The first-order chi connectivity index (χ1) is 8.95. The molecule has 108 valence electrons. The van der Waals surface area contributed by atoms with Crippen molar-refractivity contribution in [2.24, 2.45) is 0 Å². The van der Waals surface area contributed by atoms with Gasteiger partial charge in [-0.05, 0) is 26.2 Å². The van der Waals surface area contributed by atoms with E-state index in [1.165, 1.54) is 11.8 Å². The van der Waals surface area contributed by atoms with Crippen LogP contribution in [0.25, 0.3) is 0 Å². The van der Waals surface area contributed by atoms with Crippen molar-refractivity contribution < 1.29 is 13.6 Å². The van der Waals surface area contributed by atoms with Crippen LogP contribution in [-0.4, -0.2) is 19.5 Å². The summed E-state index contributed by atoms with van der Waals surface area (Å²) in [5.74, 6) is 0.534. The van der Waals surface area contributed by atoms with Crippen molar-refractivity contribution in [1.29, 1.82) is 0 Å². The molecule has 0 N–H and O–H groups in total. The van der Waals surface area contributed by atoms with Gasteiger partial charge in [-0.15, -0.1) is 11.8 Å². The summed E-state index contributed by atoms with van der Waals surface area (Å²) in [6, 6.07) is 3.37. The van der Waals surface area contributed by atoms with Crippen LogP contribution in [0, 0.1) is 0 Å². The summed E-state index contributed by atoms with van der Waals surface area (Å²) in [4.78, 5) is 0.836. The van der Waals surface area contributed by atoms with Crippen LogP contribution in [0.5, 0.6) is 5.75 Å². The van der Waals surface area contributed by atoms with Crippen LogP contribution in [0.3, 0.4) is 0 Å². The third kappa shape index (κ3) is 5.09. The minimum Gasteiger partial charge on any atom is -0.423 e. The maximum atomic E-state index is 6.00. The summed E-state index contributed by atoms with van der Waals surface area (Å²) in [5.41, 5.74) is 0. The molecule has 0 saturated heterocycles. The topological polar surface area (TPSA) is 27.7 Å². The summed E-state index contributed by atoms with van der Waals surface area (Å²) in [7, 11) is 0. The largest absolute Gasteiger partial charge is 0.423 e. The quantitative estimate of drug-likeness (QED) is 0.479. The highest BCUT2D eigenvalue weighted by molar-refractivity contribution is 8.07. The van der Waals surface area contributed by atoms with E-state index in [1.807, 2.05) is 20.1 Å². The van der Waals surface area contributed by atoms with E-state index in [-0.39, 0.29) is 0 Å². The Morgan fingerprint density at radius 1 is 1.16 bits per heavy atom. The molecule has 0 atom stereocenters. The molecule has 19 heavy (non-hydrogen) atoms. The molecule has 0 unspecified atom stereocenters. The fourth-order valence-corrected chi connectivity index (χ4v) is 4.33. The fraction of sp³-hybridized carbons (Fsp3) is 0.455. The van der Waals surface area contributed by atoms with E-state index in [1.54, 1.807) is 12.1 Å². The lowest BCUT2D eigenvalue weighted by Crippen LogP contribution is -2.02. The lowest BCUT2D eigenvalue weighted by molar-refractivity contribution is 0.217. The third-order valence-corrected chi connectivity index (χ3v) is 5.90. The van der Waals surface area contributed by atoms with Gasteiger partial charge >= 0.3 is 6.72 Å². The first kappa shape index (κ1) is 17.6. The SMILES string of the molecule is CCOP(=S)(OCC)Oc1cc(Cl)c(Cl)cc1SC. The van der Waals surface area contributed by atoms with Gasteiger partial charge < -0.3 is 4.52 Å². The van der Waals surface area contributed by atoms with Gasteiger partial charge in [0.15, 0.2) is 0 Å². The molecule has 0 heterocycles. The molecule has 0 spiro atoms. The highest BCUT2D eigenvalue weighted by atomic mass is 35.5. The number of rotatable bonds is 7. The summed E-state index contributed by atoms with van der Waals surface area (Å²) in [6.07, 6.45) is 1.91. The third-order valence-electron chi connectivity index (χ3n) is 1.99. The van der Waals surface area contributed by atoms with Crippen molar-refractivity contribution in [1.82, 2.24) is 0 Å². The summed E-state index contributed by atoms with van der Waals surface area (Å²) >= 11 is 18.8. The van der Waals surface area contributed by atoms with E-state index in [0.29, 0.717) is 29.0 Å². The fourth-order valence-electron chi connectivity index (χ4n) is 1.27. The van der Waals surface area contributed by atoms with Crippen molar-refractivity contribution in [3.8, 4) is 5.75 Å². The molecule has 1 rings (SSSR count). The Bertz CT molecular complexity index is 475. The second-order valence-corrected chi connectivity index (χ2v) is 7.89. The number of hydrogen-bond acceptors (Lipinski definition) is 5. The van der Waals surface area contributed by atoms with Gasteiger partial charge in [-0.25, -0.2) is 0 Å². The molecule has 0 aliphatic rings. The van der Waals surface area contributed by atoms with E-state index in [9.17, 15) is 0 Å². The van der Waals surface area contributed by atoms with E-state index in [4.69, 9.17) is 48.6 Å². The smallest absolute Gasteiger partial charge is 0.380 e. The van der Waals surface area contributed by atoms with Crippen LogP contribution in [0.2, 0.25) is 10.0 Å². The zero-order valence-electron chi connectivity index (χ0n) is 10.8. The molecule has 0 radical (unpaired) electrons. The molecule has 8 heteroatoms. The maximum Gasteiger partial charge on any atom is 0.380 e. The highest BCUT2D eigenvalue weighted by Gasteiger charge is 2.23. The molecular weight excluding hydrogens is 346 g/mol. The predicted molar refractivity (Wildman–Crippen MR) is 86.4 cm³/mol. The zero-order valence-corrected chi connectivity index (χ0v) is 14.9. The van der Waals surface area contributed by atoms with Crippen LogP contribution >= 0.6 is 41.7 Å². The van der Waals surface area contributed by atoms with Crippen molar-refractivity contribution in [2.75, 3.05) is 19.5 Å². The monoisotopic (exact) mass is 360 g/mol. The summed E-state index contributed by atoms with van der Waals surface area (Å²) in [5, 5.41) is 0.878. The van der Waals surface area contributed by atoms with Crippen molar-refractivity contribution in [3.05, 3.63) is 22.2 Å². The van der Waals surface area contributed by atoms with Gasteiger partial charge in [0.2, 0.25) is 0 Å². The average Bonchev–Trinajstić information content (AvgIpc) is 2.34. The van der Waals surface area contributed by atoms with Crippen molar-refractivity contribution in [2.45, 2.75) is 18.7 Å². The normalized spacial score (nSPS) is 11.6. The van der Waals surface area contributed by atoms with E-state index in [0.717, 1.165) is 4.90 Å². The molecule has 3 nitrogen and oxygen atoms in total. The van der Waals surface area contributed by atoms with Gasteiger partial charge in [0.1, 0.15) is 5.75 Å². The molecule has 0 aromatic heterocycles. The maximum absolute atomic E-state index is 6.00. The zero-order chi connectivity index (χ0) is 14.5. The van der Waals surface area contributed by atoms with Crippen LogP contribution < -0.4 is 4.52 Å². The van der Waals surface area contributed by atoms with Gasteiger partial charge in [-0.3, -0.25) is 9.05 Å². The molecule has 0 saturated carbocycles. The van der Waals surface area contributed by atoms with E-state index >= 15 is 0 Å². The van der Waals surface area contributed by atoms with Crippen LogP contribution in [-0.2, 0) is 20.9 Å². The first-order valence-corrected chi connectivity index (χ1v) is 10.1. The number of halogens is 2. The molecule has 0 aliphatic carbocycles. The number of thioether (sulfide) groups is 1. The lowest BCUT2D eigenvalue weighted by atomic mass is 10.3. The Morgan fingerprint density at radius 2 is 1.68 bits per heavy atom. The Hall–Kier alpha value is 0.520. The Kier molecular flexibility index (Phi) is 7.47. The minimum atomic E-state index is -2.80. The molecular formula is C11H15Cl2O3PS2. The van der Waals surface area contributed by atoms with Gasteiger partial charge in [0, 0.05) is 17.9 Å². The van der Waals surface area contributed by atoms with Crippen LogP contribution in [0.4, 0.5) is 0 Å². The molecule has 0 bridgehead atoms. The van der Waals surface area contributed by atoms with Crippen LogP contribution in [0.1, 0.15) is 13.8 Å². The van der Waals surface area contributed by atoms with Gasteiger partial charge in [0.25, 0.3) is 0 Å². The van der Waals surface area contributed by atoms with Gasteiger partial charge in [-0.2, -0.15) is 0 Å². The molecule has 1 aromatic rings. The van der Waals surface area contributed by atoms with Crippen molar-refractivity contribution in [3.63, 3.8) is 0 Å². The average molecular weight is 361 g/mol. The predicted octanol–water partition coefficient (Wildman–Crippen LogP) is 5.39. The first-order valence-electron chi connectivity index (χ1n) is 5.57. The number of benzene rings is 1. The summed E-state index contributed by atoms with van der Waals surface area (Å²) in [6.45, 7) is 1.73. The second-order valence-electron chi connectivity index (χ2n) is 3.29. The lowest BCUT2D eigenvalue weighted by Gasteiger charge is -2.22. The van der Waals surface area contributed by atoms with E-state index in [2.05, 4.69) is 0 Å². The molecule has 0 amide bonds. The second kappa shape index (κ2) is 8.08. The van der Waals surface area contributed by atoms with Gasteiger partial charge in [-0.1, -0.05) is 23.2 Å². The van der Waals surface area contributed by atoms with E-state index < -0.39 is 6.72 Å².